The summed E-state index contributed by atoms with van der Waals surface area (Å²) in [5, 5.41) is 2.07. The molecule has 1 amide bonds. The molecule has 2 fully saturated rings. The lowest BCUT2D eigenvalue weighted by Gasteiger charge is -2.52. The molecule has 3 N–H and O–H groups in total. The maximum Gasteiger partial charge on any atom is 0.252 e. The van der Waals surface area contributed by atoms with E-state index < -0.39 is 5.91 Å². The van der Waals surface area contributed by atoms with Gasteiger partial charge in [0.15, 0.2) is 0 Å². The van der Waals surface area contributed by atoms with Crippen molar-refractivity contribution < 1.29 is 9.53 Å². The van der Waals surface area contributed by atoms with Gasteiger partial charge in [-0.05, 0) is 18.9 Å². The quantitative estimate of drug-likeness (QED) is 0.753. The number of aromatic nitrogens is 2. The first-order valence-electron chi connectivity index (χ1n) is 8.69. The van der Waals surface area contributed by atoms with Gasteiger partial charge < -0.3 is 20.4 Å². The van der Waals surface area contributed by atoms with Crippen molar-refractivity contribution in [2.45, 2.75) is 12.8 Å². The molecule has 0 radical (unpaired) electrons. The van der Waals surface area contributed by atoms with E-state index in [9.17, 15) is 4.79 Å². The topological polar surface area (TPSA) is 84.2 Å². The number of nitrogens with one attached hydrogen (secondary N) is 1. The molecule has 2 aliphatic rings. The Hall–Kier alpha value is -2.60. The summed E-state index contributed by atoms with van der Waals surface area (Å²) in [6.45, 7) is 3.69. The molecule has 6 nitrogen and oxygen atoms in total. The van der Waals surface area contributed by atoms with Gasteiger partial charge in [0, 0.05) is 48.8 Å². The van der Waals surface area contributed by atoms with E-state index in [0.29, 0.717) is 11.0 Å². The number of hydrogen-bond donors (Lipinski definition) is 2. The Morgan fingerprint density at radius 3 is 2.76 bits per heavy atom. The summed E-state index contributed by atoms with van der Waals surface area (Å²) in [7, 11) is 0. The van der Waals surface area contributed by atoms with E-state index in [0.717, 1.165) is 66.8 Å². The summed E-state index contributed by atoms with van der Waals surface area (Å²) in [6.07, 6.45) is 3.82. The third-order valence-corrected chi connectivity index (χ3v) is 5.69. The number of carbonyl (C=O) groups is 1. The van der Waals surface area contributed by atoms with Crippen molar-refractivity contribution in [3.8, 4) is 0 Å². The zero-order chi connectivity index (χ0) is 17.0. The average Bonchev–Trinajstić information content (AvgIpc) is 2.99. The standard InChI is InChI=1S/C19H20N4O2/c20-17(24)13-9-21-18(23-10-19(11-23)5-7-25-8-6-19)15-12-3-1-2-4-14(12)22-16(13)15/h1-4,9,22H,5-8,10-11H2,(H2,20,24). The minimum Gasteiger partial charge on any atom is -0.381 e. The number of H-pyrrole nitrogens is 1. The van der Waals surface area contributed by atoms with E-state index in [1.165, 1.54) is 0 Å². The number of primary amides is 1. The molecule has 1 aromatic carbocycles. The molecular formula is C19H20N4O2. The fourth-order valence-electron chi connectivity index (χ4n) is 4.29. The van der Waals surface area contributed by atoms with E-state index in [4.69, 9.17) is 10.5 Å². The number of carbonyl (C=O) groups excluding carboxylic acids is 1. The highest BCUT2D eigenvalue weighted by atomic mass is 16.5. The van der Waals surface area contributed by atoms with Crippen LogP contribution in [0.2, 0.25) is 0 Å². The Balaban J connectivity index is 1.64. The van der Waals surface area contributed by atoms with E-state index in [-0.39, 0.29) is 0 Å². The first-order valence-corrected chi connectivity index (χ1v) is 8.69. The summed E-state index contributed by atoms with van der Waals surface area (Å²) in [5.74, 6) is 0.481. The van der Waals surface area contributed by atoms with Crippen LogP contribution in [-0.2, 0) is 4.74 Å². The number of hydrogen-bond acceptors (Lipinski definition) is 4. The number of para-hydroxylation sites is 1. The van der Waals surface area contributed by atoms with Gasteiger partial charge in [0.05, 0.1) is 16.5 Å². The first kappa shape index (κ1) is 14.7. The van der Waals surface area contributed by atoms with Crippen LogP contribution in [0.1, 0.15) is 23.2 Å². The smallest absolute Gasteiger partial charge is 0.252 e. The number of pyridine rings is 1. The van der Waals surface area contributed by atoms with Crippen LogP contribution in [0, 0.1) is 5.41 Å². The number of fused-ring (bicyclic) bond motifs is 3. The summed E-state index contributed by atoms with van der Waals surface area (Å²) in [4.78, 5) is 22.1. The Morgan fingerprint density at radius 1 is 1.24 bits per heavy atom. The Kier molecular flexibility index (Phi) is 3.06. The number of amides is 1. The molecule has 0 aliphatic carbocycles. The summed E-state index contributed by atoms with van der Waals surface area (Å²) in [5.41, 5.74) is 8.14. The fourth-order valence-corrected chi connectivity index (χ4v) is 4.29. The molecule has 2 saturated heterocycles. The van der Waals surface area contributed by atoms with Gasteiger partial charge in [-0.15, -0.1) is 0 Å². The van der Waals surface area contributed by atoms with Crippen molar-refractivity contribution in [2.75, 3.05) is 31.2 Å². The van der Waals surface area contributed by atoms with E-state index in [1.54, 1.807) is 6.20 Å². The molecule has 128 valence electrons. The minimum atomic E-state index is -0.458. The molecular weight excluding hydrogens is 316 g/mol. The van der Waals surface area contributed by atoms with Gasteiger partial charge in [-0.2, -0.15) is 0 Å². The van der Waals surface area contributed by atoms with Crippen molar-refractivity contribution >= 4 is 33.5 Å². The maximum absolute atomic E-state index is 11.8. The van der Waals surface area contributed by atoms with E-state index >= 15 is 0 Å². The number of nitrogens with two attached hydrogens (primary N) is 1. The molecule has 3 aromatic rings. The highest BCUT2D eigenvalue weighted by Gasteiger charge is 2.45. The van der Waals surface area contributed by atoms with Gasteiger partial charge in [0.1, 0.15) is 5.82 Å². The lowest BCUT2D eigenvalue weighted by Crippen LogP contribution is -2.58. The van der Waals surface area contributed by atoms with Gasteiger partial charge in [-0.1, -0.05) is 18.2 Å². The van der Waals surface area contributed by atoms with Crippen molar-refractivity contribution in [1.82, 2.24) is 9.97 Å². The number of aromatic amines is 1. The van der Waals surface area contributed by atoms with Gasteiger partial charge >= 0.3 is 0 Å². The zero-order valence-corrected chi connectivity index (χ0v) is 13.9. The number of benzene rings is 1. The molecule has 2 aliphatic heterocycles. The summed E-state index contributed by atoms with van der Waals surface area (Å²) in [6, 6.07) is 8.07. The summed E-state index contributed by atoms with van der Waals surface area (Å²) < 4.78 is 5.51. The fraction of sp³-hybridized carbons (Fsp3) is 0.368. The molecule has 0 bridgehead atoms. The van der Waals surface area contributed by atoms with Crippen LogP contribution in [0.25, 0.3) is 21.8 Å². The van der Waals surface area contributed by atoms with Crippen LogP contribution in [0.5, 0.6) is 0 Å². The highest BCUT2D eigenvalue weighted by Crippen LogP contribution is 2.44. The molecule has 4 heterocycles. The largest absolute Gasteiger partial charge is 0.381 e. The minimum absolute atomic E-state index is 0.362. The molecule has 0 atom stereocenters. The summed E-state index contributed by atoms with van der Waals surface area (Å²) >= 11 is 0. The molecule has 5 rings (SSSR count). The lowest BCUT2D eigenvalue weighted by molar-refractivity contribution is -0.000354. The van der Waals surface area contributed by atoms with E-state index in [2.05, 4.69) is 20.9 Å². The molecule has 25 heavy (non-hydrogen) atoms. The normalized spacial score (nSPS) is 19.4. The van der Waals surface area contributed by atoms with Crippen molar-refractivity contribution in [3.63, 3.8) is 0 Å². The molecule has 6 heteroatoms. The number of rotatable bonds is 2. The third kappa shape index (κ3) is 2.14. The van der Waals surface area contributed by atoms with Crippen LogP contribution in [-0.4, -0.2) is 42.2 Å². The zero-order valence-electron chi connectivity index (χ0n) is 13.9. The van der Waals surface area contributed by atoms with Crippen LogP contribution in [0.4, 0.5) is 5.82 Å². The molecule has 1 spiro atoms. The van der Waals surface area contributed by atoms with Crippen LogP contribution in [0.3, 0.4) is 0 Å². The number of anilines is 1. The van der Waals surface area contributed by atoms with Crippen LogP contribution in [0.15, 0.2) is 30.5 Å². The second-order valence-corrected chi connectivity index (χ2v) is 7.25. The number of ether oxygens (including phenoxy) is 1. The second kappa shape index (κ2) is 5.20. The average molecular weight is 336 g/mol. The van der Waals surface area contributed by atoms with Crippen LogP contribution < -0.4 is 10.6 Å². The molecule has 2 aromatic heterocycles. The SMILES string of the molecule is NC(=O)c1cnc(N2CC3(CCOCC3)C2)c2c1[nH]c1ccccc12. The third-order valence-electron chi connectivity index (χ3n) is 5.69. The van der Waals surface area contributed by atoms with Crippen molar-refractivity contribution in [1.29, 1.82) is 0 Å². The van der Waals surface area contributed by atoms with Crippen LogP contribution >= 0.6 is 0 Å². The highest BCUT2D eigenvalue weighted by molar-refractivity contribution is 6.18. The predicted octanol–water partition coefficient (Wildman–Crippen LogP) is 2.43. The first-order chi connectivity index (χ1) is 12.2. The Morgan fingerprint density at radius 2 is 2.00 bits per heavy atom. The number of nitrogens with zero attached hydrogens (tertiary/aromatic N) is 2. The Bertz CT molecular complexity index is 980. The second-order valence-electron chi connectivity index (χ2n) is 7.25. The van der Waals surface area contributed by atoms with Gasteiger partial charge in [0.25, 0.3) is 5.91 Å². The monoisotopic (exact) mass is 336 g/mol. The Labute approximate surface area is 145 Å². The van der Waals surface area contributed by atoms with E-state index in [1.807, 2.05) is 18.2 Å². The molecule has 0 unspecified atom stereocenters. The predicted molar refractivity (Wildman–Crippen MR) is 96.8 cm³/mol. The van der Waals surface area contributed by atoms with Gasteiger partial charge in [-0.3, -0.25) is 4.79 Å². The van der Waals surface area contributed by atoms with Gasteiger partial charge in [0.2, 0.25) is 0 Å². The van der Waals surface area contributed by atoms with Crippen molar-refractivity contribution in [2.24, 2.45) is 11.1 Å². The van der Waals surface area contributed by atoms with Gasteiger partial charge in [-0.25, -0.2) is 4.98 Å². The maximum atomic E-state index is 11.8. The molecule has 0 saturated carbocycles. The lowest BCUT2D eigenvalue weighted by atomic mass is 9.73. The van der Waals surface area contributed by atoms with Crippen molar-refractivity contribution in [3.05, 3.63) is 36.0 Å².